The van der Waals surface area contributed by atoms with Gasteiger partial charge in [-0.05, 0) is 30.2 Å². The summed E-state index contributed by atoms with van der Waals surface area (Å²) in [5.41, 5.74) is 7.49. The van der Waals surface area contributed by atoms with Gasteiger partial charge in [-0.2, -0.15) is 0 Å². The zero-order valence-corrected chi connectivity index (χ0v) is 12.1. The first-order valence-corrected chi connectivity index (χ1v) is 6.92. The topological polar surface area (TPSA) is 64.3 Å². The first-order valence-electron chi connectivity index (χ1n) is 6.92. The molecule has 0 bridgehead atoms. The molecule has 2 aromatic carbocycles. The van der Waals surface area contributed by atoms with Gasteiger partial charge in [-0.1, -0.05) is 36.4 Å². The van der Waals surface area contributed by atoms with E-state index >= 15 is 0 Å². The number of hydrogen-bond acceptors (Lipinski definition) is 3. The molecule has 0 saturated heterocycles. The summed E-state index contributed by atoms with van der Waals surface area (Å²) in [6.07, 6.45) is 0.715. The second-order valence-corrected chi connectivity index (χ2v) is 4.83. The Morgan fingerprint density at radius 2 is 1.95 bits per heavy atom. The van der Waals surface area contributed by atoms with Crippen molar-refractivity contribution in [3.8, 4) is 5.75 Å². The summed E-state index contributed by atoms with van der Waals surface area (Å²) in [5, 5.41) is 2.96. The molecule has 0 fully saturated rings. The van der Waals surface area contributed by atoms with Gasteiger partial charge in [0.2, 0.25) is 0 Å². The van der Waals surface area contributed by atoms with Gasteiger partial charge in [0.15, 0.2) is 0 Å². The van der Waals surface area contributed by atoms with Crippen molar-refractivity contribution in [2.75, 3.05) is 13.7 Å². The Hall–Kier alpha value is -2.33. The number of amides is 1. The minimum absolute atomic E-state index is 0.0916. The van der Waals surface area contributed by atoms with Gasteiger partial charge in [0.05, 0.1) is 7.11 Å². The van der Waals surface area contributed by atoms with Crippen LogP contribution >= 0.6 is 0 Å². The van der Waals surface area contributed by atoms with E-state index in [1.807, 2.05) is 30.3 Å². The second-order valence-electron chi connectivity index (χ2n) is 4.83. The number of nitrogens with one attached hydrogen (secondary N) is 1. The quantitative estimate of drug-likeness (QED) is 0.852. The molecule has 0 aromatic heterocycles. The van der Waals surface area contributed by atoms with E-state index in [4.69, 9.17) is 10.5 Å². The van der Waals surface area contributed by atoms with E-state index in [2.05, 4.69) is 5.32 Å². The van der Waals surface area contributed by atoms with Gasteiger partial charge in [-0.15, -0.1) is 0 Å². The Bertz CT molecular complexity index is 584. The molecule has 0 saturated carbocycles. The van der Waals surface area contributed by atoms with Crippen LogP contribution in [0, 0.1) is 0 Å². The molecular weight excluding hydrogens is 264 g/mol. The lowest BCUT2D eigenvalue weighted by atomic mass is 10.1. The molecule has 0 aliphatic rings. The predicted octanol–water partition coefficient (Wildman–Crippen LogP) is 1.99. The van der Waals surface area contributed by atoms with Crippen LogP contribution in [0.2, 0.25) is 0 Å². The SMILES string of the molecule is COc1cccc(C(=O)NC(CN)Cc2ccccc2)c1. The Kier molecular flexibility index (Phi) is 5.35. The van der Waals surface area contributed by atoms with Crippen molar-refractivity contribution in [2.24, 2.45) is 5.73 Å². The van der Waals surface area contributed by atoms with E-state index in [9.17, 15) is 4.79 Å². The maximum Gasteiger partial charge on any atom is 0.251 e. The van der Waals surface area contributed by atoms with Crippen LogP contribution in [0.4, 0.5) is 0 Å². The van der Waals surface area contributed by atoms with Crippen LogP contribution in [-0.4, -0.2) is 25.6 Å². The van der Waals surface area contributed by atoms with Crippen molar-refractivity contribution in [3.63, 3.8) is 0 Å². The highest BCUT2D eigenvalue weighted by Gasteiger charge is 2.13. The average molecular weight is 284 g/mol. The lowest BCUT2D eigenvalue weighted by Gasteiger charge is -2.17. The Morgan fingerprint density at radius 3 is 2.62 bits per heavy atom. The summed E-state index contributed by atoms with van der Waals surface area (Å²) in [4.78, 5) is 12.3. The number of methoxy groups -OCH3 is 1. The highest BCUT2D eigenvalue weighted by atomic mass is 16.5. The van der Waals surface area contributed by atoms with Crippen molar-refractivity contribution in [2.45, 2.75) is 12.5 Å². The van der Waals surface area contributed by atoms with Crippen molar-refractivity contribution in [3.05, 3.63) is 65.7 Å². The Labute approximate surface area is 124 Å². The molecule has 2 rings (SSSR count). The van der Waals surface area contributed by atoms with Crippen LogP contribution < -0.4 is 15.8 Å². The van der Waals surface area contributed by atoms with Gasteiger partial charge in [-0.25, -0.2) is 0 Å². The van der Waals surface area contributed by atoms with Gasteiger partial charge in [-0.3, -0.25) is 4.79 Å². The number of nitrogens with two attached hydrogens (primary N) is 1. The van der Waals surface area contributed by atoms with Crippen LogP contribution in [-0.2, 0) is 6.42 Å². The summed E-state index contributed by atoms with van der Waals surface area (Å²) in [6.45, 7) is 0.393. The zero-order valence-electron chi connectivity index (χ0n) is 12.1. The number of carbonyl (C=O) groups excluding carboxylic acids is 1. The van der Waals surface area contributed by atoms with Gasteiger partial charge < -0.3 is 15.8 Å². The highest BCUT2D eigenvalue weighted by molar-refractivity contribution is 5.94. The van der Waals surface area contributed by atoms with Crippen LogP contribution in [0.1, 0.15) is 15.9 Å². The number of ether oxygens (including phenoxy) is 1. The maximum atomic E-state index is 12.3. The van der Waals surface area contributed by atoms with E-state index in [1.54, 1.807) is 31.4 Å². The molecule has 110 valence electrons. The number of benzene rings is 2. The summed E-state index contributed by atoms with van der Waals surface area (Å²) < 4.78 is 5.13. The minimum atomic E-state index is -0.139. The highest BCUT2D eigenvalue weighted by Crippen LogP contribution is 2.12. The molecule has 0 aliphatic heterocycles. The molecule has 0 radical (unpaired) electrons. The third-order valence-electron chi connectivity index (χ3n) is 3.28. The fourth-order valence-electron chi connectivity index (χ4n) is 2.12. The van der Waals surface area contributed by atoms with E-state index in [1.165, 1.54) is 0 Å². The molecule has 0 aliphatic carbocycles. The molecule has 0 spiro atoms. The van der Waals surface area contributed by atoms with Gasteiger partial charge in [0, 0.05) is 18.2 Å². The molecule has 4 nitrogen and oxygen atoms in total. The van der Waals surface area contributed by atoms with Crippen molar-refractivity contribution < 1.29 is 9.53 Å². The summed E-state index contributed by atoms with van der Waals surface area (Å²) in [6, 6.07) is 17.0. The standard InChI is InChI=1S/C17H20N2O2/c1-21-16-9-5-8-14(11-16)17(20)19-15(12-18)10-13-6-3-2-4-7-13/h2-9,11,15H,10,12,18H2,1H3,(H,19,20). The molecule has 1 unspecified atom stereocenters. The Morgan fingerprint density at radius 1 is 1.19 bits per heavy atom. The number of rotatable bonds is 6. The summed E-state index contributed by atoms with van der Waals surface area (Å²) in [7, 11) is 1.58. The van der Waals surface area contributed by atoms with E-state index in [0.717, 1.165) is 5.56 Å². The smallest absolute Gasteiger partial charge is 0.251 e. The van der Waals surface area contributed by atoms with Crippen molar-refractivity contribution in [1.29, 1.82) is 0 Å². The second kappa shape index (κ2) is 7.45. The van der Waals surface area contributed by atoms with Gasteiger partial charge in [0.1, 0.15) is 5.75 Å². The fraction of sp³-hybridized carbons (Fsp3) is 0.235. The number of hydrogen-bond donors (Lipinski definition) is 2. The lowest BCUT2D eigenvalue weighted by Crippen LogP contribution is -2.41. The van der Waals surface area contributed by atoms with Gasteiger partial charge >= 0.3 is 0 Å². The zero-order chi connectivity index (χ0) is 15.1. The normalized spacial score (nSPS) is 11.7. The number of carbonyl (C=O) groups is 1. The summed E-state index contributed by atoms with van der Waals surface area (Å²) >= 11 is 0. The monoisotopic (exact) mass is 284 g/mol. The first-order chi connectivity index (χ1) is 10.2. The van der Waals surface area contributed by atoms with Crippen LogP contribution in [0.25, 0.3) is 0 Å². The predicted molar refractivity (Wildman–Crippen MR) is 83.4 cm³/mol. The maximum absolute atomic E-state index is 12.3. The van der Waals surface area contributed by atoms with Crippen molar-refractivity contribution >= 4 is 5.91 Å². The van der Waals surface area contributed by atoms with E-state index < -0.39 is 0 Å². The van der Waals surface area contributed by atoms with E-state index in [-0.39, 0.29) is 11.9 Å². The fourth-order valence-corrected chi connectivity index (χ4v) is 2.12. The molecular formula is C17H20N2O2. The van der Waals surface area contributed by atoms with Crippen molar-refractivity contribution in [1.82, 2.24) is 5.32 Å². The van der Waals surface area contributed by atoms with Crippen LogP contribution in [0.5, 0.6) is 5.75 Å². The molecule has 0 heterocycles. The molecule has 3 N–H and O–H groups in total. The van der Waals surface area contributed by atoms with E-state index in [0.29, 0.717) is 24.3 Å². The van der Waals surface area contributed by atoms with Crippen LogP contribution in [0.15, 0.2) is 54.6 Å². The molecule has 1 atom stereocenters. The molecule has 1 amide bonds. The first kappa shape index (κ1) is 15.1. The third-order valence-corrected chi connectivity index (χ3v) is 3.28. The Balaban J connectivity index is 2.02. The molecule has 2 aromatic rings. The molecule has 4 heteroatoms. The lowest BCUT2D eigenvalue weighted by molar-refractivity contribution is 0.0937. The minimum Gasteiger partial charge on any atom is -0.497 e. The average Bonchev–Trinajstić information content (AvgIpc) is 2.55. The molecule has 21 heavy (non-hydrogen) atoms. The summed E-state index contributed by atoms with van der Waals surface area (Å²) in [5.74, 6) is 0.523. The third kappa shape index (κ3) is 4.33. The van der Waals surface area contributed by atoms with Crippen LogP contribution in [0.3, 0.4) is 0 Å². The van der Waals surface area contributed by atoms with Gasteiger partial charge in [0.25, 0.3) is 5.91 Å². The largest absolute Gasteiger partial charge is 0.497 e.